The van der Waals surface area contributed by atoms with Gasteiger partial charge >= 0.3 is 0 Å². The van der Waals surface area contributed by atoms with Crippen LogP contribution in [0, 0.1) is 20.2 Å². The lowest BCUT2D eigenvalue weighted by Crippen LogP contribution is -2.18. The highest BCUT2D eigenvalue weighted by atomic mass is 16.6. The van der Waals surface area contributed by atoms with Crippen LogP contribution in [0.2, 0.25) is 0 Å². The molecule has 0 aromatic carbocycles. The fourth-order valence-corrected chi connectivity index (χ4v) is 0.398. The third-order valence-corrected chi connectivity index (χ3v) is 1.09. The van der Waals surface area contributed by atoms with Crippen LogP contribution < -0.4 is 0 Å². The molecule has 6 nitrogen and oxygen atoms in total. The summed E-state index contributed by atoms with van der Waals surface area (Å²) in [5.74, 6) is 0. The van der Waals surface area contributed by atoms with Crippen molar-refractivity contribution in [2.45, 2.75) is 19.4 Å². The molecule has 0 radical (unpaired) electrons. The SMILES string of the molecule is CC(CC[N+](=O)[O-])[N+](=O)[O-]. The van der Waals surface area contributed by atoms with E-state index in [0.29, 0.717) is 0 Å². The van der Waals surface area contributed by atoms with Crippen molar-refractivity contribution in [1.82, 2.24) is 0 Å². The predicted molar refractivity (Wildman–Crippen MR) is 32.9 cm³/mol. The Morgan fingerprint density at radius 1 is 1.40 bits per heavy atom. The Bertz CT molecular complexity index is 146. The number of hydrogen-bond acceptors (Lipinski definition) is 4. The first kappa shape index (κ1) is 8.80. The average molecular weight is 148 g/mol. The van der Waals surface area contributed by atoms with Gasteiger partial charge in [-0.15, -0.1) is 0 Å². The highest BCUT2D eigenvalue weighted by Crippen LogP contribution is 1.94. The summed E-state index contributed by atoms with van der Waals surface area (Å²) in [6.45, 7) is 1.02. The molecular weight excluding hydrogens is 140 g/mol. The van der Waals surface area contributed by atoms with Crippen molar-refractivity contribution >= 4 is 0 Å². The maximum Gasteiger partial charge on any atom is 0.216 e. The van der Waals surface area contributed by atoms with Crippen LogP contribution >= 0.6 is 0 Å². The molecule has 0 amide bonds. The first-order valence-electron chi connectivity index (χ1n) is 2.79. The Labute approximate surface area is 57.1 Å². The van der Waals surface area contributed by atoms with Crippen LogP contribution in [0.1, 0.15) is 13.3 Å². The molecule has 6 heteroatoms. The van der Waals surface area contributed by atoms with E-state index in [1.165, 1.54) is 6.92 Å². The molecule has 10 heavy (non-hydrogen) atoms. The predicted octanol–water partition coefficient (Wildman–Crippen LogP) is 0.318. The van der Waals surface area contributed by atoms with Gasteiger partial charge in [-0.05, 0) is 0 Å². The Hall–Kier alpha value is -1.20. The topological polar surface area (TPSA) is 86.3 Å². The summed E-state index contributed by atoms with van der Waals surface area (Å²) < 4.78 is 0. The fourth-order valence-electron chi connectivity index (χ4n) is 0.398. The maximum absolute atomic E-state index is 9.89. The molecule has 0 rings (SSSR count). The van der Waals surface area contributed by atoms with Gasteiger partial charge in [0, 0.05) is 16.8 Å². The smallest absolute Gasteiger partial charge is 0.216 e. The van der Waals surface area contributed by atoms with E-state index in [1.54, 1.807) is 0 Å². The van der Waals surface area contributed by atoms with Crippen LogP contribution in [0.15, 0.2) is 0 Å². The van der Waals surface area contributed by atoms with Crippen LogP contribution in [0.25, 0.3) is 0 Å². The van der Waals surface area contributed by atoms with E-state index in [2.05, 4.69) is 0 Å². The van der Waals surface area contributed by atoms with Gasteiger partial charge in [0.25, 0.3) is 0 Å². The lowest BCUT2D eigenvalue weighted by Gasteiger charge is -1.97. The molecule has 0 bridgehead atoms. The van der Waals surface area contributed by atoms with Gasteiger partial charge in [0.05, 0.1) is 6.42 Å². The van der Waals surface area contributed by atoms with Gasteiger partial charge in [-0.2, -0.15) is 0 Å². The number of hydrogen-bond donors (Lipinski definition) is 0. The van der Waals surface area contributed by atoms with E-state index in [1.807, 2.05) is 0 Å². The van der Waals surface area contributed by atoms with Gasteiger partial charge in [-0.1, -0.05) is 0 Å². The van der Waals surface area contributed by atoms with Crippen molar-refractivity contribution in [2.24, 2.45) is 0 Å². The summed E-state index contributed by atoms with van der Waals surface area (Å²) >= 11 is 0. The lowest BCUT2D eigenvalue weighted by atomic mass is 10.2. The van der Waals surface area contributed by atoms with Gasteiger partial charge in [0.15, 0.2) is 0 Å². The zero-order chi connectivity index (χ0) is 8.15. The summed E-state index contributed by atoms with van der Waals surface area (Å²) in [7, 11) is 0. The zero-order valence-electron chi connectivity index (χ0n) is 5.52. The average Bonchev–Trinajstić information content (AvgIpc) is 1.82. The van der Waals surface area contributed by atoms with Gasteiger partial charge in [-0.3, -0.25) is 20.2 Å². The molecule has 0 N–H and O–H groups in total. The van der Waals surface area contributed by atoms with Gasteiger partial charge in [0.2, 0.25) is 12.6 Å². The summed E-state index contributed by atoms with van der Waals surface area (Å²) in [6, 6.07) is -0.814. The van der Waals surface area contributed by atoms with E-state index in [0.717, 1.165) is 0 Å². The molecule has 0 aromatic heterocycles. The van der Waals surface area contributed by atoms with Gasteiger partial charge in [0.1, 0.15) is 0 Å². The Morgan fingerprint density at radius 2 is 1.90 bits per heavy atom. The monoisotopic (exact) mass is 148 g/mol. The molecule has 0 aliphatic carbocycles. The van der Waals surface area contributed by atoms with E-state index < -0.39 is 15.9 Å². The Kier molecular flexibility index (Phi) is 3.30. The standard InChI is InChI=1S/C4H8N2O4/c1-4(6(9)10)2-3-5(7)8/h4H,2-3H2,1H3. The molecule has 0 aliphatic rings. The van der Waals surface area contributed by atoms with Crippen molar-refractivity contribution in [3.63, 3.8) is 0 Å². The molecule has 0 fully saturated rings. The third kappa shape index (κ3) is 3.76. The third-order valence-electron chi connectivity index (χ3n) is 1.09. The second-order valence-corrected chi connectivity index (χ2v) is 1.98. The Balaban J connectivity index is 3.49. The zero-order valence-corrected chi connectivity index (χ0v) is 5.52. The molecule has 58 valence electrons. The number of nitrogens with zero attached hydrogens (tertiary/aromatic N) is 2. The van der Waals surface area contributed by atoms with Gasteiger partial charge < -0.3 is 0 Å². The molecule has 0 aromatic rings. The normalized spacial score (nSPS) is 12.5. The molecule has 1 unspecified atom stereocenters. The van der Waals surface area contributed by atoms with E-state index >= 15 is 0 Å². The fraction of sp³-hybridized carbons (Fsp3) is 1.00. The van der Waals surface area contributed by atoms with Crippen LogP contribution in [0.4, 0.5) is 0 Å². The summed E-state index contributed by atoms with van der Waals surface area (Å²) in [6.07, 6.45) is 0. The molecular formula is C4H8N2O4. The highest BCUT2D eigenvalue weighted by Gasteiger charge is 2.15. The van der Waals surface area contributed by atoms with Crippen LogP contribution in [-0.4, -0.2) is 22.4 Å². The minimum atomic E-state index is -0.814. The van der Waals surface area contributed by atoms with E-state index in [9.17, 15) is 20.2 Å². The molecule has 0 saturated carbocycles. The summed E-state index contributed by atoms with van der Waals surface area (Å²) in [5.41, 5.74) is 0. The van der Waals surface area contributed by atoms with Crippen LogP contribution in [0.3, 0.4) is 0 Å². The van der Waals surface area contributed by atoms with Crippen molar-refractivity contribution in [3.8, 4) is 0 Å². The highest BCUT2D eigenvalue weighted by molar-refractivity contribution is 4.45. The van der Waals surface area contributed by atoms with Crippen molar-refractivity contribution in [2.75, 3.05) is 6.54 Å². The van der Waals surface area contributed by atoms with Crippen LogP contribution in [-0.2, 0) is 0 Å². The lowest BCUT2D eigenvalue weighted by molar-refractivity contribution is -0.537. The molecule has 1 atom stereocenters. The summed E-state index contributed by atoms with van der Waals surface area (Å²) in [5, 5.41) is 19.6. The second-order valence-electron chi connectivity index (χ2n) is 1.98. The summed E-state index contributed by atoms with van der Waals surface area (Å²) in [4.78, 5) is 18.5. The quantitative estimate of drug-likeness (QED) is 0.424. The minimum Gasteiger partial charge on any atom is -0.265 e. The minimum absolute atomic E-state index is 0. The van der Waals surface area contributed by atoms with E-state index in [-0.39, 0.29) is 13.0 Å². The van der Waals surface area contributed by atoms with Crippen LogP contribution in [0.5, 0.6) is 0 Å². The largest absolute Gasteiger partial charge is 0.265 e. The first-order chi connectivity index (χ1) is 4.54. The molecule has 0 aliphatic heterocycles. The van der Waals surface area contributed by atoms with Crippen molar-refractivity contribution < 1.29 is 9.85 Å². The molecule has 0 saturated heterocycles. The van der Waals surface area contributed by atoms with Gasteiger partial charge in [-0.25, -0.2) is 0 Å². The molecule has 0 spiro atoms. The van der Waals surface area contributed by atoms with E-state index in [4.69, 9.17) is 0 Å². The Morgan fingerprint density at radius 3 is 2.20 bits per heavy atom. The number of nitro groups is 2. The molecule has 0 heterocycles. The van der Waals surface area contributed by atoms with Crippen molar-refractivity contribution in [1.29, 1.82) is 0 Å². The maximum atomic E-state index is 9.89. The first-order valence-corrected chi connectivity index (χ1v) is 2.79. The second kappa shape index (κ2) is 3.76. The van der Waals surface area contributed by atoms with Crippen molar-refractivity contribution in [3.05, 3.63) is 20.2 Å². The number of rotatable bonds is 4.